The number of carbonyl (C=O) groups excluding carboxylic acids is 1. The number of thioether (sulfide) groups is 1. The number of thiophene rings is 1. The van der Waals surface area contributed by atoms with Gasteiger partial charge in [0.1, 0.15) is 16.2 Å². The molecule has 2 aromatic heterocycles. The van der Waals surface area contributed by atoms with Crippen LogP contribution < -0.4 is 5.32 Å². The molecule has 24 heavy (non-hydrogen) atoms. The van der Waals surface area contributed by atoms with Gasteiger partial charge < -0.3 is 5.32 Å². The van der Waals surface area contributed by atoms with Gasteiger partial charge in [-0.1, -0.05) is 32.5 Å². The number of hydrogen-bond donors (Lipinski definition) is 1. The first-order valence-electron chi connectivity index (χ1n) is 8.52. The van der Waals surface area contributed by atoms with Gasteiger partial charge in [0.25, 0.3) is 0 Å². The lowest BCUT2D eigenvalue weighted by atomic mass is 9.69. The molecule has 3 atom stereocenters. The third kappa shape index (κ3) is 2.37. The van der Waals surface area contributed by atoms with E-state index in [-0.39, 0.29) is 11.3 Å². The first-order chi connectivity index (χ1) is 11.4. The van der Waals surface area contributed by atoms with E-state index in [0.29, 0.717) is 17.2 Å². The minimum absolute atomic E-state index is 0.122. The zero-order chi connectivity index (χ0) is 16.9. The molecule has 1 amide bonds. The van der Waals surface area contributed by atoms with E-state index in [0.717, 1.165) is 27.6 Å². The highest BCUT2D eigenvalue weighted by Gasteiger charge is 2.61. The van der Waals surface area contributed by atoms with E-state index >= 15 is 0 Å². The first-order valence-corrected chi connectivity index (χ1v) is 10.4. The Kier molecular flexibility index (Phi) is 3.88. The monoisotopic (exact) mass is 361 g/mol. The van der Waals surface area contributed by atoms with E-state index in [1.165, 1.54) is 24.6 Å². The van der Waals surface area contributed by atoms with Crippen molar-refractivity contribution in [1.29, 1.82) is 0 Å². The second-order valence-electron chi connectivity index (χ2n) is 7.84. The Bertz CT molecular complexity index is 787. The third-order valence-corrected chi connectivity index (χ3v) is 8.52. The Balaban J connectivity index is 1.41. The van der Waals surface area contributed by atoms with E-state index in [2.05, 4.69) is 36.1 Å². The van der Waals surface area contributed by atoms with E-state index in [9.17, 15) is 4.79 Å². The standard InChI is InChI=1S/C18H23N3OS2/c1-17(2)11-4-6-18(17,3)13(8-11)21-14(22)9-24-16-12-5-7-23-15(12)19-10-20-16/h5,7,10-11,13H,4,6,8-9H2,1-3H3,(H,21,22). The van der Waals surface area contributed by atoms with Crippen LogP contribution in [0, 0.1) is 16.7 Å². The Labute approximate surface area is 150 Å². The molecule has 4 rings (SSSR count). The summed E-state index contributed by atoms with van der Waals surface area (Å²) < 4.78 is 0. The summed E-state index contributed by atoms with van der Waals surface area (Å²) in [7, 11) is 0. The summed E-state index contributed by atoms with van der Waals surface area (Å²) in [4.78, 5) is 22.1. The molecule has 0 radical (unpaired) electrons. The molecule has 2 heterocycles. The van der Waals surface area contributed by atoms with Crippen molar-refractivity contribution in [2.75, 3.05) is 5.75 Å². The number of rotatable bonds is 4. The van der Waals surface area contributed by atoms with Crippen LogP contribution in [0.5, 0.6) is 0 Å². The van der Waals surface area contributed by atoms with Crippen molar-refractivity contribution in [3.05, 3.63) is 17.8 Å². The lowest BCUT2D eigenvalue weighted by Crippen LogP contribution is -2.47. The van der Waals surface area contributed by atoms with Crippen molar-refractivity contribution in [1.82, 2.24) is 15.3 Å². The zero-order valence-electron chi connectivity index (χ0n) is 14.3. The van der Waals surface area contributed by atoms with Gasteiger partial charge in [-0.15, -0.1) is 11.3 Å². The van der Waals surface area contributed by atoms with Crippen molar-refractivity contribution < 1.29 is 4.79 Å². The van der Waals surface area contributed by atoms with E-state index in [4.69, 9.17) is 0 Å². The maximum Gasteiger partial charge on any atom is 0.230 e. The Hall–Kier alpha value is -1.14. The second kappa shape index (κ2) is 5.70. The normalized spacial score (nSPS) is 30.8. The fourth-order valence-corrected chi connectivity index (χ4v) is 6.26. The van der Waals surface area contributed by atoms with Gasteiger partial charge in [0.05, 0.1) is 5.75 Å². The molecule has 2 aliphatic rings. The summed E-state index contributed by atoms with van der Waals surface area (Å²) >= 11 is 3.11. The van der Waals surface area contributed by atoms with Gasteiger partial charge in [-0.05, 0) is 47.5 Å². The van der Waals surface area contributed by atoms with Crippen LogP contribution in [0.3, 0.4) is 0 Å². The van der Waals surface area contributed by atoms with Crippen molar-refractivity contribution in [2.45, 2.75) is 51.1 Å². The number of aromatic nitrogens is 2. The lowest BCUT2D eigenvalue weighted by Gasteiger charge is -2.39. The molecule has 0 aromatic carbocycles. The quantitative estimate of drug-likeness (QED) is 0.657. The largest absolute Gasteiger partial charge is 0.352 e. The molecule has 0 spiro atoms. The van der Waals surface area contributed by atoms with Crippen LogP contribution in [-0.2, 0) is 4.79 Å². The number of carbonyl (C=O) groups is 1. The summed E-state index contributed by atoms with van der Waals surface area (Å²) in [6.45, 7) is 7.11. The molecular weight excluding hydrogens is 338 g/mol. The number of nitrogens with zero attached hydrogens (tertiary/aromatic N) is 2. The number of nitrogens with one attached hydrogen (secondary N) is 1. The second-order valence-corrected chi connectivity index (χ2v) is 9.70. The Morgan fingerprint density at radius 3 is 2.96 bits per heavy atom. The maximum atomic E-state index is 12.5. The molecular formula is C18H23N3OS2. The fraction of sp³-hybridized carbons (Fsp3) is 0.611. The molecule has 4 nitrogen and oxygen atoms in total. The topological polar surface area (TPSA) is 54.9 Å². The highest BCUT2D eigenvalue weighted by atomic mass is 32.2. The smallest absolute Gasteiger partial charge is 0.230 e. The first kappa shape index (κ1) is 16.3. The SMILES string of the molecule is CC1(C)C2CCC1(C)C(NC(=O)CSc1ncnc3sccc13)C2. The van der Waals surface area contributed by atoms with Crippen LogP contribution in [0.2, 0.25) is 0 Å². The fourth-order valence-electron chi connectivity index (χ4n) is 4.67. The van der Waals surface area contributed by atoms with Gasteiger partial charge in [-0.3, -0.25) is 4.79 Å². The van der Waals surface area contributed by atoms with Gasteiger partial charge in [-0.2, -0.15) is 0 Å². The molecule has 2 bridgehead atoms. The minimum atomic E-state index is 0.122. The Morgan fingerprint density at radius 1 is 1.42 bits per heavy atom. The number of amides is 1. The van der Waals surface area contributed by atoms with Crippen molar-refractivity contribution in [3.63, 3.8) is 0 Å². The molecule has 2 fully saturated rings. The van der Waals surface area contributed by atoms with Gasteiger partial charge in [0.15, 0.2) is 0 Å². The van der Waals surface area contributed by atoms with Crippen molar-refractivity contribution in [2.24, 2.45) is 16.7 Å². The highest BCUT2D eigenvalue weighted by molar-refractivity contribution is 8.00. The summed E-state index contributed by atoms with van der Waals surface area (Å²) in [6.07, 6.45) is 5.24. The van der Waals surface area contributed by atoms with Crippen LogP contribution in [0.4, 0.5) is 0 Å². The average molecular weight is 362 g/mol. The molecule has 6 heteroatoms. The Morgan fingerprint density at radius 2 is 2.25 bits per heavy atom. The van der Waals surface area contributed by atoms with E-state index in [1.54, 1.807) is 17.7 Å². The molecule has 2 aromatic rings. The van der Waals surface area contributed by atoms with Crippen molar-refractivity contribution >= 4 is 39.2 Å². The molecule has 2 aliphatic carbocycles. The highest BCUT2D eigenvalue weighted by Crippen LogP contribution is 2.65. The van der Waals surface area contributed by atoms with Crippen LogP contribution in [0.15, 0.2) is 22.8 Å². The number of hydrogen-bond acceptors (Lipinski definition) is 5. The summed E-state index contributed by atoms with van der Waals surface area (Å²) in [5.74, 6) is 1.28. The van der Waals surface area contributed by atoms with E-state index in [1.807, 2.05) is 11.4 Å². The molecule has 1 N–H and O–H groups in total. The van der Waals surface area contributed by atoms with Crippen LogP contribution >= 0.6 is 23.1 Å². The molecule has 0 aliphatic heterocycles. The molecule has 0 saturated heterocycles. The predicted octanol–water partition coefficient (Wildman–Crippen LogP) is 4.11. The number of fused-ring (bicyclic) bond motifs is 3. The average Bonchev–Trinajstić information content (AvgIpc) is 3.16. The van der Waals surface area contributed by atoms with Crippen molar-refractivity contribution in [3.8, 4) is 0 Å². The van der Waals surface area contributed by atoms with Gasteiger partial charge in [0.2, 0.25) is 5.91 Å². The minimum Gasteiger partial charge on any atom is -0.352 e. The lowest BCUT2D eigenvalue weighted by molar-refractivity contribution is -0.120. The van der Waals surface area contributed by atoms with Gasteiger partial charge >= 0.3 is 0 Å². The molecule has 2 saturated carbocycles. The molecule has 3 unspecified atom stereocenters. The zero-order valence-corrected chi connectivity index (χ0v) is 16.0. The maximum absolute atomic E-state index is 12.5. The third-order valence-electron chi connectivity index (χ3n) is 6.69. The van der Waals surface area contributed by atoms with Gasteiger partial charge in [0, 0.05) is 11.4 Å². The summed E-state index contributed by atoms with van der Waals surface area (Å²) in [5, 5.41) is 7.28. The van der Waals surface area contributed by atoms with Gasteiger partial charge in [-0.25, -0.2) is 9.97 Å². The molecule has 128 valence electrons. The van der Waals surface area contributed by atoms with Crippen LogP contribution in [0.1, 0.15) is 40.0 Å². The van der Waals surface area contributed by atoms with Crippen LogP contribution in [0.25, 0.3) is 10.2 Å². The summed E-state index contributed by atoms with van der Waals surface area (Å²) in [6, 6.07) is 2.34. The predicted molar refractivity (Wildman–Crippen MR) is 99.3 cm³/mol. The van der Waals surface area contributed by atoms with Crippen LogP contribution in [-0.4, -0.2) is 27.7 Å². The van der Waals surface area contributed by atoms with E-state index < -0.39 is 0 Å². The summed E-state index contributed by atoms with van der Waals surface area (Å²) in [5.41, 5.74) is 0.557.